The molecule has 0 aliphatic heterocycles. The standard InChI is InChI=1S/C13H14ClN3O/c1-2-10-5-3-4-6-11(10)16-12(18)9-17-8-7-15-13(17)14/h3-8H,2,9H2,1H3,(H,16,18). The number of hydrogen-bond acceptors (Lipinski definition) is 2. The quantitative estimate of drug-likeness (QED) is 0.922. The second-order valence-electron chi connectivity index (χ2n) is 3.88. The third kappa shape index (κ3) is 2.90. The molecule has 0 aliphatic carbocycles. The first-order valence-corrected chi connectivity index (χ1v) is 6.13. The molecule has 1 amide bonds. The molecule has 0 saturated carbocycles. The smallest absolute Gasteiger partial charge is 0.244 e. The van der Waals surface area contributed by atoms with Gasteiger partial charge in [0.1, 0.15) is 6.54 Å². The van der Waals surface area contributed by atoms with Crippen molar-refractivity contribution in [3.8, 4) is 0 Å². The van der Waals surface area contributed by atoms with Crippen LogP contribution >= 0.6 is 11.6 Å². The Hall–Kier alpha value is -1.81. The van der Waals surface area contributed by atoms with Gasteiger partial charge in [-0.1, -0.05) is 25.1 Å². The largest absolute Gasteiger partial charge is 0.324 e. The third-order valence-electron chi connectivity index (χ3n) is 2.65. The summed E-state index contributed by atoms with van der Waals surface area (Å²) >= 11 is 5.82. The molecule has 94 valence electrons. The zero-order valence-corrected chi connectivity index (χ0v) is 10.8. The summed E-state index contributed by atoms with van der Waals surface area (Å²) in [5.74, 6) is -0.115. The van der Waals surface area contributed by atoms with Crippen LogP contribution in [0.5, 0.6) is 0 Å². The highest BCUT2D eigenvalue weighted by molar-refractivity contribution is 6.28. The molecule has 1 N–H and O–H groups in total. The summed E-state index contributed by atoms with van der Waals surface area (Å²) in [6.45, 7) is 2.22. The van der Waals surface area contributed by atoms with E-state index in [4.69, 9.17) is 11.6 Å². The van der Waals surface area contributed by atoms with E-state index in [0.717, 1.165) is 17.7 Å². The number of aryl methyl sites for hydroxylation is 1. The Labute approximate surface area is 111 Å². The summed E-state index contributed by atoms with van der Waals surface area (Å²) in [5, 5.41) is 3.19. The number of halogens is 1. The van der Waals surface area contributed by atoms with Gasteiger partial charge in [0.05, 0.1) is 0 Å². The molecule has 0 unspecified atom stereocenters. The van der Waals surface area contributed by atoms with Crippen LogP contribution in [0.2, 0.25) is 5.28 Å². The summed E-state index contributed by atoms with van der Waals surface area (Å²) in [4.78, 5) is 15.7. The number of benzene rings is 1. The van der Waals surface area contributed by atoms with Gasteiger partial charge in [-0.3, -0.25) is 4.79 Å². The van der Waals surface area contributed by atoms with Crippen LogP contribution < -0.4 is 5.32 Å². The van der Waals surface area contributed by atoms with Crippen LogP contribution in [0.25, 0.3) is 0 Å². The van der Waals surface area contributed by atoms with Gasteiger partial charge in [-0.2, -0.15) is 0 Å². The molecule has 1 aromatic heterocycles. The predicted molar refractivity (Wildman–Crippen MR) is 71.7 cm³/mol. The van der Waals surface area contributed by atoms with Crippen LogP contribution in [0, 0.1) is 0 Å². The summed E-state index contributed by atoms with van der Waals surface area (Å²) in [6.07, 6.45) is 4.12. The van der Waals surface area contributed by atoms with E-state index in [-0.39, 0.29) is 12.5 Å². The number of aromatic nitrogens is 2. The summed E-state index contributed by atoms with van der Waals surface area (Å²) in [6, 6.07) is 7.76. The zero-order chi connectivity index (χ0) is 13.0. The number of anilines is 1. The molecule has 0 aliphatic rings. The Morgan fingerprint density at radius 1 is 1.44 bits per heavy atom. The molecule has 0 radical (unpaired) electrons. The van der Waals surface area contributed by atoms with Crippen molar-refractivity contribution in [1.82, 2.24) is 9.55 Å². The van der Waals surface area contributed by atoms with Crippen molar-refractivity contribution in [3.63, 3.8) is 0 Å². The van der Waals surface area contributed by atoms with Gasteiger partial charge in [-0.15, -0.1) is 0 Å². The monoisotopic (exact) mass is 263 g/mol. The zero-order valence-electron chi connectivity index (χ0n) is 10.1. The number of nitrogens with one attached hydrogen (secondary N) is 1. The van der Waals surface area contributed by atoms with Gasteiger partial charge in [0, 0.05) is 18.1 Å². The van der Waals surface area contributed by atoms with Gasteiger partial charge in [0.2, 0.25) is 11.2 Å². The van der Waals surface area contributed by atoms with Crippen LogP contribution in [0.1, 0.15) is 12.5 Å². The second kappa shape index (κ2) is 5.69. The molecule has 0 saturated heterocycles. The van der Waals surface area contributed by atoms with Gasteiger partial charge >= 0.3 is 0 Å². The molecule has 1 heterocycles. The number of imidazole rings is 1. The Balaban J connectivity index is 2.05. The van der Waals surface area contributed by atoms with Crippen molar-refractivity contribution < 1.29 is 4.79 Å². The van der Waals surface area contributed by atoms with Crippen molar-refractivity contribution in [2.75, 3.05) is 5.32 Å². The molecule has 0 atom stereocenters. The molecule has 2 aromatic rings. The highest BCUT2D eigenvalue weighted by atomic mass is 35.5. The van der Waals surface area contributed by atoms with Crippen LogP contribution in [0.15, 0.2) is 36.7 Å². The lowest BCUT2D eigenvalue weighted by Gasteiger charge is -2.10. The highest BCUT2D eigenvalue weighted by Crippen LogP contribution is 2.15. The van der Waals surface area contributed by atoms with Gasteiger partial charge < -0.3 is 9.88 Å². The minimum absolute atomic E-state index is 0.115. The topological polar surface area (TPSA) is 46.9 Å². The molecule has 2 rings (SSSR count). The molecular weight excluding hydrogens is 250 g/mol. The van der Waals surface area contributed by atoms with E-state index in [2.05, 4.69) is 17.2 Å². The Morgan fingerprint density at radius 3 is 2.89 bits per heavy atom. The number of carbonyl (C=O) groups excluding carboxylic acids is 1. The van der Waals surface area contributed by atoms with Gasteiger partial charge in [-0.25, -0.2) is 4.98 Å². The minimum atomic E-state index is -0.115. The number of para-hydroxylation sites is 1. The van der Waals surface area contributed by atoms with Gasteiger partial charge in [0.15, 0.2) is 0 Å². The lowest BCUT2D eigenvalue weighted by Crippen LogP contribution is -2.19. The average Bonchev–Trinajstić information content (AvgIpc) is 2.75. The van der Waals surface area contributed by atoms with Crippen LogP contribution in [-0.2, 0) is 17.8 Å². The van der Waals surface area contributed by atoms with E-state index in [1.54, 1.807) is 17.0 Å². The number of carbonyl (C=O) groups is 1. The van der Waals surface area contributed by atoms with Crippen molar-refractivity contribution >= 4 is 23.2 Å². The van der Waals surface area contributed by atoms with E-state index >= 15 is 0 Å². The maximum atomic E-state index is 11.9. The molecule has 0 bridgehead atoms. The van der Waals surface area contributed by atoms with E-state index < -0.39 is 0 Å². The average molecular weight is 264 g/mol. The summed E-state index contributed by atoms with van der Waals surface area (Å²) in [5.41, 5.74) is 1.96. The Kier molecular flexibility index (Phi) is 3.99. The molecule has 1 aromatic carbocycles. The van der Waals surface area contributed by atoms with Crippen molar-refractivity contribution in [2.24, 2.45) is 0 Å². The van der Waals surface area contributed by atoms with Crippen molar-refractivity contribution in [3.05, 3.63) is 47.5 Å². The normalized spacial score (nSPS) is 10.3. The lowest BCUT2D eigenvalue weighted by molar-refractivity contribution is -0.116. The second-order valence-corrected chi connectivity index (χ2v) is 4.22. The molecule has 0 spiro atoms. The fraction of sp³-hybridized carbons (Fsp3) is 0.231. The SMILES string of the molecule is CCc1ccccc1NC(=O)Cn1ccnc1Cl. The van der Waals surface area contributed by atoms with Crippen LogP contribution in [-0.4, -0.2) is 15.5 Å². The first-order chi connectivity index (χ1) is 8.70. The maximum Gasteiger partial charge on any atom is 0.244 e. The van der Waals surface area contributed by atoms with Crippen LogP contribution in [0.3, 0.4) is 0 Å². The maximum absolute atomic E-state index is 11.9. The molecule has 5 heteroatoms. The minimum Gasteiger partial charge on any atom is -0.324 e. The van der Waals surface area contributed by atoms with Crippen molar-refractivity contribution in [2.45, 2.75) is 19.9 Å². The van der Waals surface area contributed by atoms with Crippen molar-refractivity contribution in [1.29, 1.82) is 0 Å². The number of amides is 1. The Bertz CT molecular complexity index is 551. The fourth-order valence-corrected chi connectivity index (χ4v) is 1.90. The number of rotatable bonds is 4. The lowest BCUT2D eigenvalue weighted by atomic mass is 10.1. The third-order valence-corrected chi connectivity index (χ3v) is 2.97. The summed E-state index contributed by atoms with van der Waals surface area (Å²) in [7, 11) is 0. The molecular formula is C13H14ClN3O. The number of hydrogen-bond donors (Lipinski definition) is 1. The van der Waals surface area contributed by atoms with Gasteiger partial charge in [-0.05, 0) is 29.7 Å². The van der Waals surface area contributed by atoms with E-state index in [0.29, 0.717) is 5.28 Å². The van der Waals surface area contributed by atoms with Gasteiger partial charge in [0.25, 0.3) is 0 Å². The Morgan fingerprint density at radius 2 is 2.22 bits per heavy atom. The fourth-order valence-electron chi connectivity index (χ4n) is 1.72. The highest BCUT2D eigenvalue weighted by Gasteiger charge is 2.08. The first-order valence-electron chi connectivity index (χ1n) is 5.75. The molecule has 0 fully saturated rings. The molecule has 4 nitrogen and oxygen atoms in total. The van der Waals surface area contributed by atoms with E-state index in [1.165, 1.54) is 0 Å². The summed E-state index contributed by atoms with van der Waals surface area (Å²) < 4.78 is 1.59. The van der Waals surface area contributed by atoms with E-state index in [1.807, 2.05) is 24.3 Å². The predicted octanol–water partition coefficient (Wildman–Crippen LogP) is 2.74. The number of nitrogens with zero attached hydrogens (tertiary/aromatic N) is 2. The molecule has 18 heavy (non-hydrogen) atoms. The first kappa shape index (κ1) is 12.6. The van der Waals surface area contributed by atoms with Crippen LogP contribution in [0.4, 0.5) is 5.69 Å². The van der Waals surface area contributed by atoms with E-state index in [9.17, 15) is 4.79 Å².